The maximum absolute atomic E-state index is 14.6. The van der Waals surface area contributed by atoms with E-state index < -0.39 is 17.4 Å². The highest BCUT2D eigenvalue weighted by Gasteiger charge is 2.26. The van der Waals surface area contributed by atoms with Crippen LogP contribution in [-0.4, -0.2) is 35.8 Å². The van der Waals surface area contributed by atoms with Crippen LogP contribution >= 0.6 is 0 Å². The van der Waals surface area contributed by atoms with Gasteiger partial charge in [0.25, 0.3) is 5.56 Å². The summed E-state index contributed by atoms with van der Waals surface area (Å²) in [6, 6.07) is 3.95. The Balaban J connectivity index is 1.78. The van der Waals surface area contributed by atoms with Crippen molar-refractivity contribution in [2.75, 3.05) is 6.61 Å². The van der Waals surface area contributed by atoms with E-state index in [0.717, 1.165) is 25.7 Å². The van der Waals surface area contributed by atoms with E-state index >= 15 is 0 Å². The fourth-order valence-corrected chi connectivity index (χ4v) is 4.22. The molecule has 0 aliphatic heterocycles. The number of halogens is 1. The summed E-state index contributed by atoms with van der Waals surface area (Å²) in [5, 5.41) is 13.7. The Bertz CT molecular complexity index is 1270. The fraction of sp³-hybridized carbons (Fsp3) is 0.400. The number of para-hydroxylation sites is 1. The smallest absolute Gasteiger partial charge is 0.278 e. The van der Waals surface area contributed by atoms with Crippen molar-refractivity contribution >= 4 is 16.6 Å². The molecule has 5 rings (SSSR count). The Morgan fingerprint density at radius 3 is 2.86 bits per heavy atom. The lowest BCUT2D eigenvalue weighted by atomic mass is 10.1. The van der Waals surface area contributed by atoms with Gasteiger partial charge >= 0.3 is 0 Å². The van der Waals surface area contributed by atoms with E-state index in [2.05, 4.69) is 15.1 Å². The van der Waals surface area contributed by atoms with Crippen LogP contribution in [0.1, 0.15) is 50.5 Å². The average molecular weight is 397 g/mol. The van der Waals surface area contributed by atoms with Crippen LogP contribution in [-0.2, 0) is 0 Å². The molecule has 1 saturated carbocycles. The number of hydrogen-bond donors (Lipinski definition) is 1. The van der Waals surface area contributed by atoms with Gasteiger partial charge in [0.05, 0.1) is 18.2 Å². The Labute approximate surface area is 164 Å². The Morgan fingerprint density at radius 1 is 1.31 bits per heavy atom. The van der Waals surface area contributed by atoms with Gasteiger partial charge < -0.3 is 9.63 Å². The number of hydrogen-bond acceptors (Lipinski definition) is 6. The second kappa shape index (κ2) is 6.77. The summed E-state index contributed by atoms with van der Waals surface area (Å²) in [5.41, 5.74) is 0.632. The van der Waals surface area contributed by atoms with E-state index in [9.17, 15) is 14.3 Å². The number of aliphatic hydroxyl groups is 1. The van der Waals surface area contributed by atoms with E-state index in [4.69, 9.17) is 4.52 Å². The first-order chi connectivity index (χ1) is 14.1. The van der Waals surface area contributed by atoms with Crippen molar-refractivity contribution in [3.05, 3.63) is 46.6 Å². The topological polar surface area (TPSA) is 98.5 Å². The quantitative estimate of drug-likeness (QED) is 0.568. The maximum Gasteiger partial charge on any atom is 0.278 e. The molecule has 1 aromatic carbocycles. The number of rotatable bonds is 4. The number of imidazole rings is 1. The Kier molecular flexibility index (Phi) is 4.20. The second-order valence-electron chi connectivity index (χ2n) is 7.56. The molecule has 29 heavy (non-hydrogen) atoms. The highest BCUT2D eigenvalue weighted by atomic mass is 19.1. The van der Waals surface area contributed by atoms with Gasteiger partial charge in [-0.1, -0.05) is 24.1 Å². The number of fused-ring (bicyclic) bond motifs is 3. The van der Waals surface area contributed by atoms with Crippen LogP contribution < -0.4 is 5.56 Å². The van der Waals surface area contributed by atoms with Crippen LogP contribution in [0.4, 0.5) is 4.39 Å². The zero-order valence-electron chi connectivity index (χ0n) is 15.9. The largest absolute Gasteiger partial charge is 0.394 e. The first kappa shape index (κ1) is 18.0. The lowest BCUT2D eigenvalue weighted by Crippen LogP contribution is -2.28. The average Bonchev–Trinajstić information content (AvgIpc) is 3.47. The van der Waals surface area contributed by atoms with E-state index in [-0.39, 0.29) is 35.1 Å². The number of benzene rings is 1. The Hall–Kier alpha value is -3.07. The monoisotopic (exact) mass is 397 g/mol. The SMILES string of the molecule is CC(CO)n1c(=O)c2c(-c3noc(C4CCCC4)n3)ncn2c2cccc(F)c21. The molecular formula is C20H20FN5O3. The van der Waals surface area contributed by atoms with E-state index in [1.165, 1.54) is 17.0 Å². The number of aromatic nitrogens is 5. The molecule has 0 bridgehead atoms. The molecule has 1 aliphatic carbocycles. The van der Waals surface area contributed by atoms with Gasteiger partial charge in [-0.15, -0.1) is 0 Å². The van der Waals surface area contributed by atoms with Crippen molar-refractivity contribution < 1.29 is 14.0 Å². The van der Waals surface area contributed by atoms with Crippen molar-refractivity contribution in [1.82, 2.24) is 24.1 Å². The lowest BCUT2D eigenvalue weighted by molar-refractivity contribution is 0.239. The van der Waals surface area contributed by atoms with Crippen molar-refractivity contribution in [2.24, 2.45) is 0 Å². The number of aliphatic hydroxyl groups excluding tert-OH is 1. The molecule has 1 N–H and O–H groups in total. The molecule has 1 atom stereocenters. The van der Waals surface area contributed by atoms with Gasteiger partial charge in [-0.05, 0) is 31.9 Å². The predicted octanol–water partition coefficient (Wildman–Crippen LogP) is 3.05. The molecule has 1 fully saturated rings. The second-order valence-corrected chi connectivity index (χ2v) is 7.56. The van der Waals surface area contributed by atoms with Crippen molar-refractivity contribution in [2.45, 2.75) is 44.6 Å². The minimum Gasteiger partial charge on any atom is -0.394 e. The molecule has 1 unspecified atom stereocenters. The molecule has 1 aliphatic rings. The summed E-state index contributed by atoms with van der Waals surface area (Å²) in [6.45, 7) is 1.35. The molecule has 4 aromatic rings. The first-order valence-electron chi connectivity index (χ1n) is 9.74. The van der Waals surface area contributed by atoms with Gasteiger partial charge in [0.2, 0.25) is 11.7 Å². The molecule has 150 valence electrons. The summed E-state index contributed by atoms with van der Waals surface area (Å²) in [4.78, 5) is 22.2. The number of nitrogens with zero attached hydrogens (tertiary/aromatic N) is 5. The molecular weight excluding hydrogens is 377 g/mol. The minimum atomic E-state index is -0.617. The predicted molar refractivity (Wildman–Crippen MR) is 103 cm³/mol. The van der Waals surface area contributed by atoms with Gasteiger partial charge in [0.1, 0.15) is 28.9 Å². The third kappa shape index (κ3) is 2.68. The molecule has 3 aromatic heterocycles. The Morgan fingerprint density at radius 2 is 2.10 bits per heavy atom. The standard InChI is InChI=1S/C20H20FN5O3/c1-11(9-27)26-16-13(21)7-4-8-14(16)25-10-22-15(17(25)20(26)28)18-23-19(29-24-18)12-5-2-3-6-12/h4,7-8,10-12,27H,2-3,5-6,9H2,1H3. The van der Waals surface area contributed by atoms with Gasteiger partial charge in [-0.25, -0.2) is 9.37 Å². The summed E-state index contributed by atoms with van der Waals surface area (Å²) in [6.07, 6.45) is 5.76. The van der Waals surface area contributed by atoms with Crippen LogP contribution in [0.3, 0.4) is 0 Å². The molecule has 0 spiro atoms. The lowest BCUT2D eigenvalue weighted by Gasteiger charge is -2.17. The summed E-state index contributed by atoms with van der Waals surface area (Å²) >= 11 is 0. The zero-order valence-corrected chi connectivity index (χ0v) is 15.9. The molecule has 3 heterocycles. The minimum absolute atomic E-state index is 0.121. The van der Waals surface area contributed by atoms with Crippen molar-refractivity contribution in [3.8, 4) is 11.5 Å². The van der Waals surface area contributed by atoms with Crippen LogP contribution in [0.25, 0.3) is 28.1 Å². The highest BCUT2D eigenvalue weighted by Crippen LogP contribution is 2.34. The van der Waals surface area contributed by atoms with Crippen molar-refractivity contribution in [1.29, 1.82) is 0 Å². The van der Waals surface area contributed by atoms with E-state index in [1.54, 1.807) is 23.5 Å². The van der Waals surface area contributed by atoms with Gasteiger partial charge in [0.15, 0.2) is 0 Å². The maximum atomic E-state index is 14.6. The van der Waals surface area contributed by atoms with Crippen LogP contribution in [0.15, 0.2) is 33.8 Å². The third-order valence-electron chi connectivity index (χ3n) is 5.72. The van der Waals surface area contributed by atoms with Gasteiger partial charge in [-0.2, -0.15) is 4.98 Å². The van der Waals surface area contributed by atoms with Crippen molar-refractivity contribution in [3.63, 3.8) is 0 Å². The molecule has 0 amide bonds. The van der Waals surface area contributed by atoms with Gasteiger partial charge in [-0.3, -0.25) is 13.8 Å². The highest BCUT2D eigenvalue weighted by molar-refractivity contribution is 5.84. The molecule has 9 heteroatoms. The fourth-order valence-electron chi connectivity index (χ4n) is 4.22. The van der Waals surface area contributed by atoms with Crippen LogP contribution in [0.2, 0.25) is 0 Å². The molecule has 8 nitrogen and oxygen atoms in total. The van der Waals surface area contributed by atoms with Crippen LogP contribution in [0.5, 0.6) is 0 Å². The third-order valence-corrected chi connectivity index (χ3v) is 5.72. The van der Waals surface area contributed by atoms with Gasteiger partial charge in [0, 0.05) is 5.92 Å². The summed E-state index contributed by atoms with van der Waals surface area (Å²) in [7, 11) is 0. The van der Waals surface area contributed by atoms with E-state index in [0.29, 0.717) is 11.4 Å². The first-order valence-corrected chi connectivity index (χ1v) is 9.74. The summed E-state index contributed by atoms with van der Waals surface area (Å²) in [5.74, 6) is 0.506. The zero-order chi connectivity index (χ0) is 20.1. The van der Waals surface area contributed by atoms with Crippen LogP contribution in [0, 0.1) is 5.82 Å². The molecule has 0 radical (unpaired) electrons. The van der Waals surface area contributed by atoms with E-state index in [1.807, 2.05) is 0 Å². The normalized spacial score (nSPS) is 16.2. The molecule has 0 saturated heterocycles. The summed E-state index contributed by atoms with van der Waals surface area (Å²) < 4.78 is 22.9.